The molecule has 3 heteroatoms. The smallest absolute Gasteiger partial charge is 0.373 e. The van der Waals surface area contributed by atoms with Gasteiger partial charge in [-0.2, -0.15) is 0 Å². The lowest BCUT2D eigenvalue weighted by Gasteiger charge is -2.03. The van der Waals surface area contributed by atoms with Gasteiger partial charge in [0.25, 0.3) is 0 Å². The fraction of sp³-hybridized carbons (Fsp3) is 0.375. The molecule has 0 saturated heterocycles. The van der Waals surface area contributed by atoms with Gasteiger partial charge in [-0.1, -0.05) is 12.2 Å². The molecule has 0 aromatic carbocycles. The first-order chi connectivity index (χ1) is 5.34. The lowest BCUT2D eigenvalue weighted by atomic mass is 10.4. The zero-order chi connectivity index (χ0) is 8.10. The summed E-state index contributed by atoms with van der Waals surface area (Å²) >= 11 is 0. The zero-order valence-electron chi connectivity index (χ0n) is 6.37. The molecule has 0 amide bonds. The molecule has 1 heterocycles. The number of carbonyl (C=O) groups is 1. The molecule has 0 bridgehead atoms. The third-order valence-corrected chi connectivity index (χ3v) is 1.31. The third kappa shape index (κ3) is 2.11. The van der Waals surface area contributed by atoms with Crippen molar-refractivity contribution in [2.45, 2.75) is 6.42 Å². The molecule has 0 aliphatic carbocycles. The van der Waals surface area contributed by atoms with Crippen molar-refractivity contribution >= 4 is 5.97 Å². The van der Waals surface area contributed by atoms with E-state index in [1.165, 1.54) is 7.11 Å². The zero-order valence-corrected chi connectivity index (χ0v) is 6.37. The number of carbonyl (C=O) groups excluding carboxylic acids is 1. The monoisotopic (exact) mass is 154 g/mol. The Balaban J connectivity index is 2.62. The minimum atomic E-state index is -0.420. The van der Waals surface area contributed by atoms with E-state index in [2.05, 4.69) is 4.74 Å². The number of hydrogen-bond acceptors (Lipinski definition) is 3. The number of ether oxygens (including phenoxy) is 2. The molecular formula is C8H10O3. The molecular weight excluding hydrogens is 144 g/mol. The van der Waals surface area contributed by atoms with Crippen LogP contribution in [0.25, 0.3) is 0 Å². The van der Waals surface area contributed by atoms with Gasteiger partial charge in [0.1, 0.15) is 0 Å². The van der Waals surface area contributed by atoms with Gasteiger partial charge in [0.2, 0.25) is 5.76 Å². The molecule has 1 aliphatic rings. The Morgan fingerprint density at radius 2 is 2.55 bits per heavy atom. The molecule has 0 aromatic rings. The Hall–Kier alpha value is -1.25. The molecule has 0 atom stereocenters. The Labute approximate surface area is 65.3 Å². The Kier molecular flexibility index (Phi) is 2.72. The fourth-order valence-electron chi connectivity index (χ4n) is 0.764. The van der Waals surface area contributed by atoms with Crippen molar-refractivity contribution in [3.63, 3.8) is 0 Å². The number of hydrogen-bond donors (Lipinski definition) is 0. The van der Waals surface area contributed by atoms with Crippen LogP contribution >= 0.6 is 0 Å². The van der Waals surface area contributed by atoms with Gasteiger partial charge >= 0.3 is 5.97 Å². The SMILES string of the molecule is COC(=O)C1=CC=CCCO1. The van der Waals surface area contributed by atoms with E-state index >= 15 is 0 Å². The van der Waals surface area contributed by atoms with Gasteiger partial charge in [-0.3, -0.25) is 0 Å². The molecule has 0 unspecified atom stereocenters. The van der Waals surface area contributed by atoms with Crippen LogP contribution in [0, 0.1) is 0 Å². The predicted octanol–water partition coefficient (Wildman–Crippen LogP) is 1.02. The van der Waals surface area contributed by atoms with Gasteiger partial charge in [0.05, 0.1) is 13.7 Å². The maximum atomic E-state index is 10.9. The number of esters is 1. The van der Waals surface area contributed by atoms with Crippen molar-refractivity contribution in [2.75, 3.05) is 13.7 Å². The van der Waals surface area contributed by atoms with E-state index in [0.29, 0.717) is 6.61 Å². The summed E-state index contributed by atoms with van der Waals surface area (Å²) in [6, 6.07) is 0. The third-order valence-electron chi connectivity index (χ3n) is 1.31. The second-order valence-corrected chi connectivity index (χ2v) is 2.09. The van der Waals surface area contributed by atoms with Crippen molar-refractivity contribution in [1.29, 1.82) is 0 Å². The second kappa shape index (κ2) is 3.81. The van der Waals surface area contributed by atoms with Gasteiger partial charge in [-0.05, 0) is 12.5 Å². The molecule has 0 spiro atoms. The average Bonchev–Trinajstić information content (AvgIpc) is 2.30. The van der Waals surface area contributed by atoms with Crippen molar-refractivity contribution < 1.29 is 14.3 Å². The molecule has 11 heavy (non-hydrogen) atoms. The van der Waals surface area contributed by atoms with Gasteiger partial charge in [-0.25, -0.2) is 4.79 Å². The van der Waals surface area contributed by atoms with Crippen LogP contribution in [0.2, 0.25) is 0 Å². The van der Waals surface area contributed by atoms with Crippen LogP contribution in [0.4, 0.5) is 0 Å². The summed E-state index contributed by atoms with van der Waals surface area (Å²) in [4.78, 5) is 10.9. The summed E-state index contributed by atoms with van der Waals surface area (Å²) in [5.74, 6) is -0.141. The summed E-state index contributed by atoms with van der Waals surface area (Å²) in [5, 5.41) is 0. The van der Waals surface area contributed by atoms with E-state index in [1.807, 2.05) is 6.08 Å². The number of methoxy groups -OCH3 is 1. The van der Waals surface area contributed by atoms with Crippen LogP contribution in [0.15, 0.2) is 24.0 Å². The lowest BCUT2D eigenvalue weighted by Crippen LogP contribution is -2.07. The maximum absolute atomic E-state index is 10.9. The highest BCUT2D eigenvalue weighted by molar-refractivity contribution is 5.86. The van der Waals surface area contributed by atoms with Gasteiger partial charge in [-0.15, -0.1) is 0 Å². The molecule has 0 saturated carbocycles. The van der Waals surface area contributed by atoms with Gasteiger partial charge < -0.3 is 9.47 Å². The second-order valence-electron chi connectivity index (χ2n) is 2.09. The molecule has 0 N–H and O–H groups in total. The van der Waals surface area contributed by atoms with Crippen molar-refractivity contribution in [1.82, 2.24) is 0 Å². The van der Waals surface area contributed by atoms with E-state index < -0.39 is 5.97 Å². The normalized spacial score (nSPS) is 16.3. The highest BCUT2D eigenvalue weighted by Crippen LogP contribution is 2.05. The Bertz CT molecular complexity index is 203. The summed E-state index contributed by atoms with van der Waals surface area (Å²) in [5.41, 5.74) is 0. The maximum Gasteiger partial charge on any atom is 0.373 e. The molecule has 1 rings (SSSR count). The van der Waals surface area contributed by atoms with Crippen LogP contribution in [0.5, 0.6) is 0 Å². The summed E-state index contributed by atoms with van der Waals surface area (Å²) in [7, 11) is 1.33. The van der Waals surface area contributed by atoms with E-state index in [-0.39, 0.29) is 5.76 Å². The number of allylic oxidation sites excluding steroid dienone is 2. The average molecular weight is 154 g/mol. The van der Waals surface area contributed by atoms with Gasteiger partial charge in [0, 0.05) is 0 Å². The quantitative estimate of drug-likeness (QED) is 0.529. The summed E-state index contributed by atoms with van der Waals surface area (Å²) in [6.07, 6.45) is 6.17. The van der Waals surface area contributed by atoms with Crippen molar-refractivity contribution in [3.8, 4) is 0 Å². The lowest BCUT2D eigenvalue weighted by molar-refractivity contribution is -0.140. The van der Waals surface area contributed by atoms with Gasteiger partial charge in [0.15, 0.2) is 0 Å². The van der Waals surface area contributed by atoms with E-state index in [9.17, 15) is 4.79 Å². The highest BCUT2D eigenvalue weighted by atomic mass is 16.6. The van der Waals surface area contributed by atoms with Crippen molar-refractivity contribution in [2.24, 2.45) is 0 Å². The number of rotatable bonds is 1. The molecule has 3 nitrogen and oxygen atoms in total. The first-order valence-electron chi connectivity index (χ1n) is 3.42. The van der Waals surface area contributed by atoms with E-state index in [0.717, 1.165) is 6.42 Å². The minimum absolute atomic E-state index is 0.279. The van der Waals surface area contributed by atoms with Crippen LogP contribution in [-0.2, 0) is 14.3 Å². The van der Waals surface area contributed by atoms with E-state index in [1.54, 1.807) is 12.2 Å². The minimum Gasteiger partial charge on any atom is -0.486 e. The Morgan fingerprint density at radius 3 is 3.27 bits per heavy atom. The molecule has 1 aliphatic heterocycles. The van der Waals surface area contributed by atoms with Crippen LogP contribution in [-0.4, -0.2) is 19.7 Å². The van der Waals surface area contributed by atoms with Crippen molar-refractivity contribution in [3.05, 3.63) is 24.0 Å². The van der Waals surface area contributed by atoms with Crippen LogP contribution < -0.4 is 0 Å². The predicted molar refractivity (Wildman–Crippen MR) is 39.8 cm³/mol. The molecule has 60 valence electrons. The summed E-state index contributed by atoms with van der Waals surface area (Å²) in [6.45, 7) is 0.539. The first kappa shape index (κ1) is 7.85. The molecule has 0 fully saturated rings. The fourth-order valence-corrected chi connectivity index (χ4v) is 0.764. The molecule has 0 aromatic heterocycles. The van der Waals surface area contributed by atoms with Crippen LogP contribution in [0.3, 0.4) is 0 Å². The van der Waals surface area contributed by atoms with Crippen LogP contribution in [0.1, 0.15) is 6.42 Å². The van der Waals surface area contributed by atoms with E-state index in [4.69, 9.17) is 4.74 Å². The Morgan fingerprint density at radius 1 is 1.73 bits per heavy atom. The topological polar surface area (TPSA) is 35.5 Å². The largest absolute Gasteiger partial charge is 0.486 e. The highest BCUT2D eigenvalue weighted by Gasteiger charge is 2.10. The standard InChI is InChI=1S/C8H10O3/c1-10-8(9)7-5-3-2-4-6-11-7/h2-3,5H,4,6H2,1H3. The molecule has 0 radical (unpaired) electrons. The summed E-state index contributed by atoms with van der Waals surface area (Å²) < 4.78 is 9.56. The first-order valence-corrected chi connectivity index (χ1v) is 3.42.